The zero-order chi connectivity index (χ0) is 17.9. The molecule has 0 amide bonds. The largest absolute Gasteiger partial charge is 0.394 e. The van der Waals surface area contributed by atoms with Gasteiger partial charge in [-0.1, -0.05) is 41.6 Å². The molecule has 0 aliphatic carbocycles. The van der Waals surface area contributed by atoms with Gasteiger partial charge in [-0.05, 0) is 36.4 Å². The van der Waals surface area contributed by atoms with Gasteiger partial charge in [0.25, 0.3) is 0 Å². The minimum absolute atomic E-state index is 0.486. The molecule has 2 aromatic heterocycles. The summed E-state index contributed by atoms with van der Waals surface area (Å²) in [6, 6.07) is 17.4. The number of fused-ring (bicyclic) bond motifs is 1. The molecule has 128 valence electrons. The Kier molecular flexibility index (Phi) is 4.60. The van der Waals surface area contributed by atoms with E-state index in [4.69, 9.17) is 17.3 Å². The van der Waals surface area contributed by atoms with Crippen LogP contribution in [0.4, 0.5) is 17.2 Å². The summed E-state index contributed by atoms with van der Waals surface area (Å²) in [5.41, 5.74) is 8.49. The molecule has 4 aromatic rings. The van der Waals surface area contributed by atoms with Crippen LogP contribution in [0.25, 0.3) is 10.9 Å². The van der Waals surface area contributed by atoms with E-state index in [2.05, 4.69) is 20.3 Å². The van der Waals surface area contributed by atoms with E-state index in [1.54, 1.807) is 6.20 Å². The van der Waals surface area contributed by atoms with Gasteiger partial charge in [-0.25, -0.2) is 9.97 Å². The lowest BCUT2D eigenvalue weighted by Gasteiger charge is -2.12. The van der Waals surface area contributed by atoms with Gasteiger partial charge in [-0.15, -0.1) is 0 Å². The van der Waals surface area contributed by atoms with Gasteiger partial charge in [0.15, 0.2) is 5.82 Å². The van der Waals surface area contributed by atoms with E-state index in [0.29, 0.717) is 21.6 Å². The maximum absolute atomic E-state index is 6.30. The van der Waals surface area contributed by atoms with E-state index in [1.165, 1.54) is 18.1 Å². The summed E-state index contributed by atoms with van der Waals surface area (Å²) in [6.07, 6.45) is 3.26. The van der Waals surface area contributed by atoms with Crippen LogP contribution in [0.1, 0.15) is 0 Å². The number of rotatable bonds is 4. The number of pyridine rings is 1. The number of para-hydroxylation sites is 1. The molecule has 0 spiro atoms. The third-order valence-corrected chi connectivity index (χ3v) is 5.04. The molecule has 3 N–H and O–H groups in total. The van der Waals surface area contributed by atoms with E-state index < -0.39 is 0 Å². The normalized spacial score (nSPS) is 10.8. The van der Waals surface area contributed by atoms with Crippen molar-refractivity contribution >= 4 is 51.5 Å². The number of benzene rings is 2. The van der Waals surface area contributed by atoms with Crippen molar-refractivity contribution in [2.45, 2.75) is 9.92 Å². The van der Waals surface area contributed by atoms with Gasteiger partial charge in [-0.2, -0.15) is 0 Å². The average molecular weight is 380 g/mol. The van der Waals surface area contributed by atoms with Gasteiger partial charge in [0.2, 0.25) is 0 Å². The van der Waals surface area contributed by atoms with Gasteiger partial charge in [0, 0.05) is 21.5 Å². The van der Waals surface area contributed by atoms with Gasteiger partial charge in [0.05, 0.1) is 11.2 Å². The first-order valence-corrected chi connectivity index (χ1v) is 9.05. The molecule has 2 aromatic carbocycles. The number of aromatic nitrogens is 3. The predicted octanol–water partition coefficient (Wildman–Crippen LogP) is 5.16. The maximum Gasteiger partial charge on any atom is 0.158 e. The van der Waals surface area contributed by atoms with Crippen molar-refractivity contribution in [2.75, 3.05) is 11.1 Å². The number of anilines is 3. The highest BCUT2D eigenvalue weighted by Crippen LogP contribution is 2.35. The fourth-order valence-corrected chi connectivity index (χ4v) is 3.44. The third-order valence-electron chi connectivity index (χ3n) is 3.76. The van der Waals surface area contributed by atoms with Crippen molar-refractivity contribution in [3.8, 4) is 0 Å². The number of halogens is 1. The second kappa shape index (κ2) is 7.19. The number of nitrogens with two attached hydrogens (primary N) is 1. The number of nitrogens with zero attached hydrogens (tertiary/aromatic N) is 3. The Morgan fingerprint density at radius 2 is 1.73 bits per heavy atom. The van der Waals surface area contributed by atoms with Crippen molar-refractivity contribution in [2.24, 2.45) is 0 Å². The second-order valence-electron chi connectivity index (χ2n) is 5.50. The van der Waals surface area contributed by atoms with E-state index in [1.807, 2.05) is 54.6 Å². The molecule has 7 heteroatoms. The summed E-state index contributed by atoms with van der Waals surface area (Å²) in [6.45, 7) is 0. The molecule has 0 aliphatic rings. The lowest BCUT2D eigenvalue weighted by molar-refractivity contribution is 1.06. The van der Waals surface area contributed by atoms with Gasteiger partial charge < -0.3 is 11.1 Å². The van der Waals surface area contributed by atoms with Crippen LogP contribution in [0.5, 0.6) is 0 Å². The summed E-state index contributed by atoms with van der Waals surface area (Å²) in [5, 5.41) is 5.69. The highest BCUT2D eigenvalue weighted by Gasteiger charge is 2.11. The van der Waals surface area contributed by atoms with Crippen LogP contribution in [-0.2, 0) is 0 Å². The van der Waals surface area contributed by atoms with Gasteiger partial charge >= 0.3 is 0 Å². The molecule has 4 rings (SSSR count). The maximum atomic E-state index is 6.30. The summed E-state index contributed by atoms with van der Waals surface area (Å²) in [5.74, 6) is 0.551. The summed E-state index contributed by atoms with van der Waals surface area (Å²) >= 11 is 7.39. The van der Waals surface area contributed by atoms with Crippen molar-refractivity contribution in [3.05, 3.63) is 72.1 Å². The number of nitrogen functional groups attached to an aromatic ring is 1. The van der Waals surface area contributed by atoms with Crippen LogP contribution in [0, 0.1) is 0 Å². The molecule has 0 saturated heterocycles. The highest BCUT2D eigenvalue weighted by molar-refractivity contribution is 7.99. The summed E-state index contributed by atoms with van der Waals surface area (Å²) < 4.78 is 0. The number of nitrogens with one attached hydrogen (secondary N) is 1. The first-order chi connectivity index (χ1) is 12.7. The van der Waals surface area contributed by atoms with Crippen LogP contribution >= 0.6 is 23.4 Å². The molecular weight excluding hydrogens is 366 g/mol. The average Bonchev–Trinajstić information content (AvgIpc) is 2.67. The fourth-order valence-electron chi connectivity index (χ4n) is 2.51. The molecule has 0 atom stereocenters. The zero-order valence-electron chi connectivity index (χ0n) is 13.6. The summed E-state index contributed by atoms with van der Waals surface area (Å²) in [4.78, 5) is 14.0. The number of hydrogen-bond donors (Lipinski definition) is 2. The van der Waals surface area contributed by atoms with Crippen LogP contribution in [0.15, 0.2) is 77.0 Å². The van der Waals surface area contributed by atoms with Gasteiger partial charge in [0.1, 0.15) is 17.0 Å². The van der Waals surface area contributed by atoms with Crippen LogP contribution in [0.2, 0.25) is 5.02 Å². The Balaban J connectivity index is 1.66. The molecule has 0 aliphatic heterocycles. The second-order valence-corrected chi connectivity index (χ2v) is 7.00. The number of hydrogen-bond acceptors (Lipinski definition) is 6. The van der Waals surface area contributed by atoms with Crippen molar-refractivity contribution < 1.29 is 0 Å². The Morgan fingerprint density at radius 3 is 2.58 bits per heavy atom. The van der Waals surface area contributed by atoms with Crippen molar-refractivity contribution in [1.82, 2.24) is 15.0 Å². The highest BCUT2D eigenvalue weighted by atomic mass is 35.5. The smallest absolute Gasteiger partial charge is 0.158 e. The third kappa shape index (κ3) is 3.42. The molecule has 0 fully saturated rings. The quantitative estimate of drug-likeness (QED) is 0.477. The topological polar surface area (TPSA) is 76.7 Å². The standard InChI is InChI=1S/C19H14ClN5S/c20-13-6-8-14(9-7-13)26-19-16(21)18(23-11-24-19)25-15-5-1-3-12-4-2-10-22-17(12)15/h1-11H,21H2,(H,23,24,25). The van der Waals surface area contributed by atoms with Gasteiger partial charge in [-0.3, -0.25) is 4.98 Å². The van der Waals surface area contributed by atoms with E-state index in [9.17, 15) is 0 Å². The van der Waals surface area contributed by atoms with Crippen molar-refractivity contribution in [1.29, 1.82) is 0 Å². The molecule has 0 saturated carbocycles. The SMILES string of the molecule is Nc1c(Nc2cccc3cccnc23)ncnc1Sc1ccc(Cl)cc1. The fraction of sp³-hybridized carbons (Fsp3) is 0. The van der Waals surface area contributed by atoms with Crippen LogP contribution in [-0.4, -0.2) is 15.0 Å². The minimum Gasteiger partial charge on any atom is -0.394 e. The Hall–Kier alpha value is -2.83. The monoisotopic (exact) mass is 379 g/mol. The first-order valence-electron chi connectivity index (χ1n) is 7.85. The molecule has 0 radical (unpaired) electrons. The van der Waals surface area contributed by atoms with E-state index in [0.717, 1.165) is 21.5 Å². The lowest BCUT2D eigenvalue weighted by atomic mass is 10.2. The Morgan fingerprint density at radius 1 is 0.923 bits per heavy atom. The molecule has 0 unspecified atom stereocenters. The van der Waals surface area contributed by atoms with E-state index in [-0.39, 0.29) is 0 Å². The molecule has 2 heterocycles. The molecular formula is C19H14ClN5S. The first kappa shape index (κ1) is 16.6. The predicted molar refractivity (Wildman–Crippen MR) is 107 cm³/mol. The van der Waals surface area contributed by atoms with Crippen molar-refractivity contribution in [3.63, 3.8) is 0 Å². The van der Waals surface area contributed by atoms with E-state index >= 15 is 0 Å². The Bertz CT molecular complexity index is 1060. The molecule has 5 nitrogen and oxygen atoms in total. The van der Waals surface area contributed by atoms with Crippen LogP contribution < -0.4 is 11.1 Å². The minimum atomic E-state index is 0.486. The molecule has 0 bridgehead atoms. The van der Waals surface area contributed by atoms with Crippen LogP contribution in [0.3, 0.4) is 0 Å². The zero-order valence-corrected chi connectivity index (χ0v) is 15.1. The molecule has 26 heavy (non-hydrogen) atoms. The Labute approximate surface area is 159 Å². The lowest BCUT2D eigenvalue weighted by Crippen LogP contribution is -2.03. The summed E-state index contributed by atoms with van der Waals surface area (Å²) in [7, 11) is 0.